The Bertz CT molecular complexity index is 521. The highest BCUT2D eigenvalue weighted by Crippen LogP contribution is 2.21. The maximum atomic E-state index is 5.50. The second kappa shape index (κ2) is 4.92. The summed E-state index contributed by atoms with van der Waals surface area (Å²) in [6.07, 6.45) is 1.68. The Hall–Kier alpha value is -1.95. The van der Waals surface area contributed by atoms with E-state index in [1.54, 1.807) is 18.0 Å². The average molecular weight is 248 g/mol. The maximum Gasteiger partial charge on any atom is 0.118 e. The molecule has 0 radical (unpaired) electrons. The summed E-state index contributed by atoms with van der Waals surface area (Å²) in [6, 6.07) is 7.64. The van der Waals surface area contributed by atoms with E-state index < -0.39 is 0 Å². The van der Waals surface area contributed by atoms with Crippen LogP contribution in [-0.2, 0) is 6.54 Å². The number of thiocarbonyl (C=S) groups is 1. The molecule has 2 N–H and O–H groups in total. The second-order valence-corrected chi connectivity index (χ2v) is 4.00. The summed E-state index contributed by atoms with van der Waals surface area (Å²) in [5, 5.41) is 7.80. The van der Waals surface area contributed by atoms with Crippen LogP contribution in [0.1, 0.15) is 0 Å². The van der Waals surface area contributed by atoms with Crippen molar-refractivity contribution in [3.8, 4) is 17.0 Å². The van der Waals surface area contributed by atoms with Gasteiger partial charge in [0.05, 0.1) is 30.5 Å². The van der Waals surface area contributed by atoms with E-state index in [0.717, 1.165) is 17.0 Å². The predicted octanol–water partition coefficient (Wildman–Crippen LogP) is 1.24. The Morgan fingerprint density at radius 1 is 1.41 bits per heavy atom. The number of nitrogens with two attached hydrogens (primary N) is 1. The first-order valence-corrected chi connectivity index (χ1v) is 5.43. The number of hydrogen-bond donors (Lipinski definition) is 1. The topological polar surface area (TPSA) is 66.0 Å². The fourth-order valence-electron chi connectivity index (χ4n) is 1.51. The van der Waals surface area contributed by atoms with E-state index >= 15 is 0 Å². The number of methoxy groups -OCH3 is 1. The first-order valence-electron chi connectivity index (χ1n) is 5.02. The lowest BCUT2D eigenvalue weighted by molar-refractivity contribution is 0.415. The fourth-order valence-corrected chi connectivity index (χ4v) is 1.63. The van der Waals surface area contributed by atoms with Crippen molar-refractivity contribution in [1.82, 2.24) is 15.0 Å². The molecule has 0 unspecified atom stereocenters. The minimum atomic E-state index is 0.380. The SMILES string of the molecule is COc1ccc(-c2cnnn2CC(N)=S)cc1. The van der Waals surface area contributed by atoms with Gasteiger partial charge in [-0.05, 0) is 24.3 Å². The van der Waals surface area contributed by atoms with Gasteiger partial charge >= 0.3 is 0 Å². The summed E-state index contributed by atoms with van der Waals surface area (Å²) in [4.78, 5) is 0.380. The lowest BCUT2D eigenvalue weighted by atomic mass is 10.1. The molecule has 0 aliphatic carbocycles. The molecule has 0 aliphatic heterocycles. The van der Waals surface area contributed by atoms with Crippen LogP contribution in [0, 0.1) is 0 Å². The number of rotatable bonds is 4. The van der Waals surface area contributed by atoms with Gasteiger partial charge in [0, 0.05) is 5.56 Å². The van der Waals surface area contributed by atoms with E-state index in [1.807, 2.05) is 24.3 Å². The van der Waals surface area contributed by atoms with Gasteiger partial charge in [0.25, 0.3) is 0 Å². The van der Waals surface area contributed by atoms with E-state index in [-0.39, 0.29) is 0 Å². The van der Waals surface area contributed by atoms with Crippen LogP contribution in [0.3, 0.4) is 0 Å². The van der Waals surface area contributed by atoms with Crippen LogP contribution in [-0.4, -0.2) is 27.1 Å². The number of nitrogens with zero attached hydrogens (tertiary/aromatic N) is 3. The summed E-state index contributed by atoms with van der Waals surface area (Å²) in [7, 11) is 1.63. The second-order valence-electron chi connectivity index (χ2n) is 3.47. The van der Waals surface area contributed by atoms with Gasteiger partial charge in [-0.3, -0.25) is 0 Å². The molecule has 1 aromatic carbocycles. The van der Waals surface area contributed by atoms with Crippen LogP contribution in [0.15, 0.2) is 30.5 Å². The summed E-state index contributed by atoms with van der Waals surface area (Å²) < 4.78 is 6.77. The third-order valence-corrected chi connectivity index (χ3v) is 2.44. The van der Waals surface area contributed by atoms with Crippen LogP contribution >= 0.6 is 12.2 Å². The van der Waals surface area contributed by atoms with Crippen molar-refractivity contribution in [2.45, 2.75) is 6.54 Å². The van der Waals surface area contributed by atoms with Gasteiger partial charge < -0.3 is 10.5 Å². The lowest BCUT2D eigenvalue weighted by Gasteiger charge is -2.05. The number of hydrogen-bond acceptors (Lipinski definition) is 4. The van der Waals surface area contributed by atoms with Gasteiger partial charge in [0.15, 0.2) is 0 Å². The molecular weight excluding hydrogens is 236 g/mol. The zero-order valence-corrected chi connectivity index (χ0v) is 10.1. The highest BCUT2D eigenvalue weighted by atomic mass is 32.1. The average Bonchev–Trinajstić information content (AvgIpc) is 2.76. The summed E-state index contributed by atoms with van der Waals surface area (Å²) >= 11 is 4.86. The minimum Gasteiger partial charge on any atom is -0.497 e. The summed E-state index contributed by atoms with van der Waals surface area (Å²) in [5.41, 5.74) is 7.37. The smallest absolute Gasteiger partial charge is 0.118 e. The Morgan fingerprint density at radius 3 is 2.71 bits per heavy atom. The van der Waals surface area contributed by atoms with Gasteiger partial charge in [0.2, 0.25) is 0 Å². The Labute approximate surface area is 104 Å². The van der Waals surface area contributed by atoms with Gasteiger partial charge in [0.1, 0.15) is 5.75 Å². The number of benzene rings is 1. The lowest BCUT2D eigenvalue weighted by Crippen LogP contribution is -2.18. The normalized spacial score (nSPS) is 10.2. The van der Waals surface area contributed by atoms with Crippen molar-refractivity contribution in [1.29, 1.82) is 0 Å². The minimum absolute atomic E-state index is 0.380. The van der Waals surface area contributed by atoms with Gasteiger partial charge in [-0.15, -0.1) is 5.10 Å². The predicted molar refractivity (Wildman–Crippen MR) is 68.8 cm³/mol. The number of aromatic nitrogens is 3. The highest BCUT2D eigenvalue weighted by molar-refractivity contribution is 7.80. The Kier molecular flexibility index (Phi) is 3.34. The standard InChI is InChI=1S/C11H12N4OS/c1-16-9-4-2-8(3-5-9)10-6-13-14-15(10)7-11(12)17/h2-6H,7H2,1H3,(H2,12,17). The fraction of sp³-hybridized carbons (Fsp3) is 0.182. The van der Waals surface area contributed by atoms with E-state index in [2.05, 4.69) is 10.3 Å². The van der Waals surface area contributed by atoms with E-state index in [9.17, 15) is 0 Å². The zero-order valence-electron chi connectivity index (χ0n) is 9.33. The summed E-state index contributed by atoms with van der Waals surface area (Å²) in [6.45, 7) is 0.386. The van der Waals surface area contributed by atoms with Crippen LogP contribution < -0.4 is 10.5 Å². The van der Waals surface area contributed by atoms with Crippen molar-refractivity contribution in [3.63, 3.8) is 0 Å². The first kappa shape index (κ1) is 11.5. The molecule has 1 aromatic heterocycles. The van der Waals surface area contributed by atoms with E-state index in [4.69, 9.17) is 22.7 Å². The zero-order chi connectivity index (χ0) is 12.3. The van der Waals surface area contributed by atoms with Gasteiger partial charge in [-0.25, -0.2) is 4.68 Å². The molecule has 0 bridgehead atoms. The molecule has 0 saturated heterocycles. The van der Waals surface area contributed by atoms with Crippen LogP contribution in [0.5, 0.6) is 5.75 Å². The molecule has 0 aliphatic rings. The molecule has 0 spiro atoms. The Morgan fingerprint density at radius 2 is 2.12 bits per heavy atom. The molecule has 88 valence electrons. The highest BCUT2D eigenvalue weighted by Gasteiger charge is 2.07. The first-order chi connectivity index (χ1) is 8.20. The molecular formula is C11H12N4OS. The molecule has 0 amide bonds. The summed E-state index contributed by atoms with van der Waals surface area (Å²) in [5.74, 6) is 0.808. The molecule has 0 atom stereocenters. The van der Waals surface area contributed by atoms with Crippen LogP contribution in [0.4, 0.5) is 0 Å². The maximum absolute atomic E-state index is 5.50. The van der Waals surface area contributed by atoms with Crippen LogP contribution in [0.25, 0.3) is 11.3 Å². The third kappa shape index (κ3) is 2.59. The van der Waals surface area contributed by atoms with Crippen LogP contribution in [0.2, 0.25) is 0 Å². The molecule has 2 aromatic rings. The monoisotopic (exact) mass is 248 g/mol. The van der Waals surface area contributed by atoms with E-state index in [1.165, 1.54) is 0 Å². The quantitative estimate of drug-likeness (QED) is 0.825. The molecule has 0 saturated carbocycles. The van der Waals surface area contributed by atoms with Gasteiger partial charge in [-0.2, -0.15) is 0 Å². The molecule has 0 fully saturated rings. The Balaban J connectivity index is 2.32. The molecule has 1 heterocycles. The number of ether oxygens (including phenoxy) is 1. The van der Waals surface area contributed by atoms with Crippen molar-refractivity contribution in [3.05, 3.63) is 30.5 Å². The van der Waals surface area contributed by atoms with Crippen molar-refractivity contribution in [2.75, 3.05) is 7.11 Å². The van der Waals surface area contributed by atoms with Crippen molar-refractivity contribution >= 4 is 17.2 Å². The molecule has 5 nitrogen and oxygen atoms in total. The van der Waals surface area contributed by atoms with E-state index in [0.29, 0.717) is 11.5 Å². The molecule has 2 rings (SSSR count). The largest absolute Gasteiger partial charge is 0.497 e. The van der Waals surface area contributed by atoms with Gasteiger partial charge in [-0.1, -0.05) is 17.4 Å². The molecule has 6 heteroatoms. The molecule has 17 heavy (non-hydrogen) atoms. The third-order valence-electron chi connectivity index (χ3n) is 2.31. The van der Waals surface area contributed by atoms with Crippen molar-refractivity contribution < 1.29 is 4.74 Å². The van der Waals surface area contributed by atoms with Crippen molar-refractivity contribution in [2.24, 2.45) is 5.73 Å².